The third kappa shape index (κ3) is 2.92. The lowest BCUT2D eigenvalue weighted by Crippen LogP contribution is -2.52. The molecule has 9 heteroatoms. The standard InChI is InChI=1S/C17H18F3N3O3/c1-2-22-8-11(17(25)26)16(24)10-5-12(19)15(13(20)14(10)22)23-4-3-21-9(6-18)7-23/h5,8-9,21H,2-4,6-7H2,1H3,(H,25,26). The number of piperazine rings is 1. The summed E-state index contributed by atoms with van der Waals surface area (Å²) in [6, 6.07) is 0.322. The van der Waals surface area contributed by atoms with Crippen LogP contribution in [0, 0.1) is 11.6 Å². The Morgan fingerprint density at radius 3 is 2.77 bits per heavy atom. The van der Waals surface area contributed by atoms with Gasteiger partial charge in [0.25, 0.3) is 0 Å². The number of benzene rings is 1. The molecule has 3 rings (SSSR count). The predicted molar refractivity (Wildman–Crippen MR) is 90.7 cm³/mol. The minimum atomic E-state index is -1.46. The number of aryl methyl sites for hydroxylation is 1. The zero-order chi connectivity index (χ0) is 19.0. The van der Waals surface area contributed by atoms with Crippen molar-refractivity contribution < 1.29 is 23.1 Å². The highest BCUT2D eigenvalue weighted by Gasteiger charge is 2.28. The van der Waals surface area contributed by atoms with Crippen LogP contribution in [0.15, 0.2) is 17.1 Å². The first kappa shape index (κ1) is 18.2. The highest BCUT2D eigenvalue weighted by atomic mass is 19.1. The Hall–Kier alpha value is -2.55. The molecule has 6 nitrogen and oxygen atoms in total. The summed E-state index contributed by atoms with van der Waals surface area (Å²) in [5.41, 5.74) is -1.98. The maximum atomic E-state index is 15.2. The fourth-order valence-corrected chi connectivity index (χ4v) is 3.30. The summed E-state index contributed by atoms with van der Waals surface area (Å²) in [6.45, 7) is 1.90. The number of nitrogens with one attached hydrogen (secondary N) is 1. The maximum Gasteiger partial charge on any atom is 0.341 e. The topological polar surface area (TPSA) is 74.6 Å². The van der Waals surface area contributed by atoms with E-state index in [4.69, 9.17) is 5.11 Å². The van der Waals surface area contributed by atoms with Crippen LogP contribution in [0.25, 0.3) is 10.9 Å². The average Bonchev–Trinajstić information content (AvgIpc) is 2.62. The van der Waals surface area contributed by atoms with Crippen molar-refractivity contribution in [1.82, 2.24) is 9.88 Å². The summed E-state index contributed by atoms with van der Waals surface area (Å²) in [5.74, 6) is -3.39. The van der Waals surface area contributed by atoms with E-state index in [1.165, 1.54) is 9.47 Å². The quantitative estimate of drug-likeness (QED) is 0.859. The number of aromatic nitrogens is 1. The molecule has 2 N–H and O–H groups in total. The molecule has 1 unspecified atom stereocenters. The molecule has 1 aromatic carbocycles. The highest BCUT2D eigenvalue weighted by molar-refractivity contribution is 5.93. The van der Waals surface area contributed by atoms with Gasteiger partial charge in [0.15, 0.2) is 5.82 Å². The fourth-order valence-electron chi connectivity index (χ4n) is 3.30. The van der Waals surface area contributed by atoms with Gasteiger partial charge in [0.2, 0.25) is 5.43 Å². The first-order chi connectivity index (χ1) is 12.4. The number of carbonyl (C=O) groups is 1. The van der Waals surface area contributed by atoms with Crippen molar-refractivity contribution in [2.45, 2.75) is 19.5 Å². The second-order valence-electron chi connectivity index (χ2n) is 6.13. The Morgan fingerprint density at radius 2 is 2.15 bits per heavy atom. The lowest BCUT2D eigenvalue weighted by atomic mass is 10.1. The summed E-state index contributed by atoms with van der Waals surface area (Å²) in [4.78, 5) is 25.0. The molecular formula is C17H18F3N3O3. The fraction of sp³-hybridized carbons (Fsp3) is 0.412. The minimum absolute atomic E-state index is 0.0828. The van der Waals surface area contributed by atoms with Crippen molar-refractivity contribution in [2.24, 2.45) is 0 Å². The van der Waals surface area contributed by atoms with Gasteiger partial charge in [0.05, 0.1) is 16.9 Å². The number of pyridine rings is 1. The van der Waals surface area contributed by atoms with Gasteiger partial charge in [-0.25, -0.2) is 18.0 Å². The Balaban J connectivity index is 2.26. The number of carboxylic acids is 1. The van der Waals surface area contributed by atoms with Gasteiger partial charge in [-0.1, -0.05) is 0 Å². The van der Waals surface area contributed by atoms with E-state index in [2.05, 4.69) is 5.32 Å². The van der Waals surface area contributed by atoms with Gasteiger partial charge in [-0.05, 0) is 13.0 Å². The summed E-state index contributed by atoms with van der Waals surface area (Å²) in [5, 5.41) is 11.7. The first-order valence-electron chi connectivity index (χ1n) is 8.21. The third-order valence-corrected chi connectivity index (χ3v) is 4.56. The molecule has 0 aliphatic carbocycles. The number of rotatable bonds is 4. The zero-order valence-electron chi connectivity index (χ0n) is 14.1. The average molecular weight is 369 g/mol. The van der Waals surface area contributed by atoms with Crippen molar-refractivity contribution in [3.05, 3.63) is 39.7 Å². The number of hydrogen-bond acceptors (Lipinski definition) is 4. The van der Waals surface area contributed by atoms with Crippen LogP contribution in [0.1, 0.15) is 17.3 Å². The summed E-state index contributed by atoms with van der Waals surface area (Å²) < 4.78 is 44.1. The third-order valence-electron chi connectivity index (χ3n) is 4.56. The molecule has 0 saturated carbocycles. The van der Waals surface area contributed by atoms with Gasteiger partial charge in [0, 0.05) is 32.4 Å². The van der Waals surface area contributed by atoms with E-state index in [9.17, 15) is 18.4 Å². The monoisotopic (exact) mass is 369 g/mol. The summed E-state index contributed by atoms with van der Waals surface area (Å²) in [6.07, 6.45) is 1.06. The number of anilines is 1. The zero-order valence-corrected chi connectivity index (χ0v) is 14.1. The van der Waals surface area contributed by atoms with Crippen LogP contribution in [0.2, 0.25) is 0 Å². The van der Waals surface area contributed by atoms with E-state index >= 15 is 4.39 Å². The molecule has 1 saturated heterocycles. The van der Waals surface area contributed by atoms with Crippen LogP contribution in [0.3, 0.4) is 0 Å². The molecule has 1 atom stereocenters. The number of fused-ring (bicyclic) bond motifs is 1. The molecule has 0 bridgehead atoms. The smallest absolute Gasteiger partial charge is 0.341 e. The van der Waals surface area contributed by atoms with Gasteiger partial charge >= 0.3 is 5.97 Å². The number of carboxylic acid groups (broad SMARTS) is 1. The van der Waals surface area contributed by atoms with Crippen molar-refractivity contribution in [3.8, 4) is 0 Å². The predicted octanol–water partition coefficient (Wildman–Crippen LogP) is 1.75. The van der Waals surface area contributed by atoms with E-state index in [0.717, 1.165) is 12.3 Å². The molecule has 2 aromatic rings. The summed E-state index contributed by atoms with van der Waals surface area (Å²) >= 11 is 0. The lowest BCUT2D eigenvalue weighted by Gasteiger charge is -2.34. The number of nitrogens with zero attached hydrogens (tertiary/aromatic N) is 2. The number of halogens is 3. The molecule has 26 heavy (non-hydrogen) atoms. The van der Waals surface area contributed by atoms with E-state index in [0.29, 0.717) is 6.54 Å². The van der Waals surface area contributed by atoms with E-state index in [1.807, 2.05) is 0 Å². The van der Waals surface area contributed by atoms with Crippen LogP contribution < -0.4 is 15.6 Å². The maximum absolute atomic E-state index is 15.2. The van der Waals surface area contributed by atoms with E-state index in [1.54, 1.807) is 6.92 Å². The largest absolute Gasteiger partial charge is 0.477 e. The Morgan fingerprint density at radius 1 is 1.42 bits per heavy atom. The molecule has 140 valence electrons. The lowest BCUT2D eigenvalue weighted by molar-refractivity contribution is 0.0695. The number of alkyl halides is 1. The van der Waals surface area contributed by atoms with Crippen molar-refractivity contribution >= 4 is 22.6 Å². The normalized spacial score (nSPS) is 17.7. The number of aromatic carboxylic acids is 1. The van der Waals surface area contributed by atoms with Crippen LogP contribution >= 0.6 is 0 Å². The Bertz CT molecular complexity index is 929. The van der Waals surface area contributed by atoms with Gasteiger partial charge in [-0.3, -0.25) is 4.79 Å². The molecule has 0 radical (unpaired) electrons. The van der Waals surface area contributed by atoms with E-state index in [-0.39, 0.29) is 36.2 Å². The van der Waals surface area contributed by atoms with E-state index < -0.39 is 41.3 Å². The van der Waals surface area contributed by atoms with Gasteiger partial charge < -0.3 is 19.9 Å². The molecule has 2 heterocycles. The van der Waals surface area contributed by atoms with Crippen LogP contribution in [0.4, 0.5) is 18.9 Å². The molecule has 0 amide bonds. The minimum Gasteiger partial charge on any atom is -0.477 e. The summed E-state index contributed by atoms with van der Waals surface area (Å²) in [7, 11) is 0. The van der Waals surface area contributed by atoms with Crippen molar-refractivity contribution in [2.75, 3.05) is 31.2 Å². The van der Waals surface area contributed by atoms with Crippen LogP contribution in [-0.2, 0) is 6.54 Å². The second-order valence-corrected chi connectivity index (χ2v) is 6.13. The Labute approximate surface area is 146 Å². The number of hydrogen-bond donors (Lipinski definition) is 2. The molecule has 0 spiro atoms. The van der Waals surface area contributed by atoms with Crippen LogP contribution in [0.5, 0.6) is 0 Å². The molecule has 1 aliphatic rings. The van der Waals surface area contributed by atoms with Crippen molar-refractivity contribution in [3.63, 3.8) is 0 Å². The SMILES string of the molecule is CCn1cc(C(=O)O)c(=O)c2cc(F)c(N3CCNC(CF)C3)c(F)c21. The molecular weight excluding hydrogens is 351 g/mol. The highest BCUT2D eigenvalue weighted by Crippen LogP contribution is 2.30. The van der Waals surface area contributed by atoms with Gasteiger partial charge in [0.1, 0.15) is 23.7 Å². The Kier molecular flexibility index (Phi) is 4.90. The molecule has 1 fully saturated rings. The van der Waals surface area contributed by atoms with Gasteiger partial charge in [-0.15, -0.1) is 0 Å². The second kappa shape index (κ2) is 6.99. The van der Waals surface area contributed by atoms with Gasteiger partial charge in [-0.2, -0.15) is 0 Å². The van der Waals surface area contributed by atoms with Crippen LogP contribution in [-0.4, -0.2) is 48.0 Å². The molecule has 1 aliphatic heterocycles. The molecule has 1 aromatic heterocycles. The van der Waals surface area contributed by atoms with Crippen molar-refractivity contribution in [1.29, 1.82) is 0 Å². The first-order valence-corrected chi connectivity index (χ1v) is 8.21.